The van der Waals surface area contributed by atoms with Gasteiger partial charge in [-0.05, 0) is 18.4 Å². The van der Waals surface area contributed by atoms with E-state index >= 15 is 0 Å². The van der Waals surface area contributed by atoms with E-state index in [1.807, 2.05) is 12.1 Å². The lowest BCUT2D eigenvalue weighted by molar-refractivity contribution is 0.343. The molecule has 1 aliphatic rings. The van der Waals surface area contributed by atoms with Crippen LogP contribution in [0.3, 0.4) is 0 Å². The quantitative estimate of drug-likeness (QED) is 0.939. The summed E-state index contributed by atoms with van der Waals surface area (Å²) in [7, 11) is 0. The Hall–Kier alpha value is -1.39. The molecule has 1 aromatic heterocycles. The molecule has 1 aliphatic heterocycles. The number of thiazole rings is 1. The van der Waals surface area contributed by atoms with Gasteiger partial charge in [-0.1, -0.05) is 32.0 Å². The molecule has 0 saturated heterocycles. The maximum Gasteiger partial charge on any atom is 0.123 e. The van der Waals surface area contributed by atoms with Crippen molar-refractivity contribution < 1.29 is 4.74 Å². The molecule has 3 rings (SSSR count). The molecule has 0 fully saturated rings. The Morgan fingerprint density at radius 1 is 1.40 bits per heavy atom. The lowest BCUT2D eigenvalue weighted by Crippen LogP contribution is -2.04. The minimum atomic E-state index is 0.266. The molecule has 4 heteroatoms. The van der Waals surface area contributed by atoms with Gasteiger partial charge in [-0.2, -0.15) is 0 Å². The van der Waals surface area contributed by atoms with Crippen LogP contribution in [0.25, 0.3) is 0 Å². The van der Waals surface area contributed by atoms with E-state index in [9.17, 15) is 0 Å². The van der Waals surface area contributed by atoms with Crippen molar-refractivity contribution in [3.63, 3.8) is 0 Å². The normalized spacial score (nSPS) is 17.3. The highest BCUT2D eigenvalue weighted by Gasteiger charge is 2.28. The van der Waals surface area contributed by atoms with Crippen LogP contribution in [0.15, 0.2) is 24.3 Å². The molecule has 1 aromatic carbocycles. The zero-order valence-electron chi connectivity index (χ0n) is 11.9. The van der Waals surface area contributed by atoms with Crippen molar-refractivity contribution in [2.75, 3.05) is 6.61 Å². The van der Waals surface area contributed by atoms with Crippen LogP contribution in [0.2, 0.25) is 0 Å². The third kappa shape index (κ3) is 2.45. The van der Waals surface area contributed by atoms with Gasteiger partial charge in [0, 0.05) is 17.0 Å². The Balaban J connectivity index is 1.94. The summed E-state index contributed by atoms with van der Waals surface area (Å²) >= 11 is 1.75. The average Bonchev–Trinajstić information content (AvgIpc) is 3.01. The molecule has 20 heavy (non-hydrogen) atoms. The van der Waals surface area contributed by atoms with E-state index in [0.717, 1.165) is 17.2 Å². The van der Waals surface area contributed by atoms with E-state index in [-0.39, 0.29) is 5.92 Å². The molecule has 0 spiro atoms. The number of nitrogens with two attached hydrogens (primary N) is 1. The third-order valence-corrected chi connectivity index (χ3v) is 4.81. The van der Waals surface area contributed by atoms with Gasteiger partial charge in [0.15, 0.2) is 0 Å². The van der Waals surface area contributed by atoms with Crippen LogP contribution < -0.4 is 10.5 Å². The molecule has 106 valence electrons. The number of ether oxygens (including phenoxy) is 1. The predicted octanol–water partition coefficient (Wildman–Crippen LogP) is 3.32. The summed E-state index contributed by atoms with van der Waals surface area (Å²) in [6, 6.07) is 8.24. The molecule has 2 N–H and O–H groups in total. The maximum absolute atomic E-state index is 5.87. The Kier molecular flexibility index (Phi) is 3.76. The number of hydrogen-bond donors (Lipinski definition) is 1. The second-order valence-electron chi connectivity index (χ2n) is 5.63. The van der Waals surface area contributed by atoms with Gasteiger partial charge in [-0.15, -0.1) is 11.3 Å². The molecule has 1 unspecified atom stereocenters. The highest BCUT2D eigenvalue weighted by Crippen LogP contribution is 2.40. The Morgan fingerprint density at radius 2 is 2.20 bits per heavy atom. The highest BCUT2D eigenvalue weighted by molar-refractivity contribution is 7.11. The second-order valence-corrected chi connectivity index (χ2v) is 6.74. The van der Waals surface area contributed by atoms with Gasteiger partial charge in [0.05, 0.1) is 11.6 Å². The van der Waals surface area contributed by atoms with E-state index in [0.29, 0.717) is 19.1 Å². The molecule has 1 atom stereocenters. The topological polar surface area (TPSA) is 48.1 Å². The van der Waals surface area contributed by atoms with E-state index in [4.69, 9.17) is 15.5 Å². The van der Waals surface area contributed by atoms with Crippen molar-refractivity contribution in [2.45, 2.75) is 32.7 Å². The first kappa shape index (κ1) is 13.6. The van der Waals surface area contributed by atoms with Crippen molar-refractivity contribution in [3.8, 4) is 5.75 Å². The van der Waals surface area contributed by atoms with Crippen LogP contribution in [0.1, 0.15) is 40.9 Å². The number of rotatable bonds is 4. The fourth-order valence-corrected chi connectivity index (χ4v) is 3.70. The van der Waals surface area contributed by atoms with Gasteiger partial charge in [-0.3, -0.25) is 0 Å². The Morgan fingerprint density at radius 3 is 2.95 bits per heavy atom. The maximum atomic E-state index is 5.87. The molecule has 3 nitrogen and oxygen atoms in total. The first-order chi connectivity index (χ1) is 9.69. The Bertz CT molecular complexity index is 606. The minimum absolute atomic E-state index is 0.266. The van der Waals surface area contributed by atoms with Crippen molar-refractivity contribution >= 4 is 11.3 Å². The van der Waals surface area contributed by atoms with Gasteiger partial charge in [0.2, 0.25) is 0 Å². The lowest BCUT2D eigenvalue weighted by atomic mass is 10.0. The van der Waals surface area contributed by atoms with Crippen molar-refractivity contribution in [1.82, 2.24) is 4.98 Å². The van der Waals surface area contributed by atoms with Crippen LogP contribution in [-0.4, -0.2) is 11.6 Å². The van der Waals surface area contributed by atoms with Crippen molar-refractivity contribution in [1.29, 1.82) is 0 Å². The van der Waals surface area contributed by atoms with E-state index < -0.39 is 0 Å². The summed E-state index contributed by atoms with van der Waals surface area (Å²) in [5, 5.41) is 1.14. The number of fused-ring (bicyclic) bond motifs is 1. The average molecular weight is 288 g/mol. The van der Waals surface area contributed by atoms with Crippen LogP contribution in [0.4, 0.5) is 0 Å². The van der Waals surface area contributed by atoms with Crippen LogP contribution in [0.5, 0.6) is 5.75 Å². The van der Waals surface area contributed by atoms with Gasteiger partial charge < -0.3 is 10.5 Å². The number of para-hydroxylation sites is 1. The SMILES string of the molecule is CC(C)Cc1nc(C2COc3ccccc32)sc1CN. The van der Waals surface area contributed by atoms with E-state index in [2.05, 4.69) is 26.0 Å². The van der Waals surface area contributed by atoms with Gasteiger partial charge >= 0.3 is 0 Å². The first-order valence-corrected chi connectivity index (χ1v) is 7.91. The number of aromatic nitrogens is 1. The lowest BCUT2D eigenvalue weighted by Gasteiger charge is -2.04. The molecule has 0 saturated carbocycles. The molecular weight excluding hydrogens is 268 g/mol. The molecule has 2 aromatic rings. The van der Waals surface area contributed by atoms with E-state index in [1.165, 1.54) is 16.1 Å². The van der Waals surface area contributed by atoms with Gasteiger partial charge in [0.25, 0.3) is 0 Å². The summed E-state index contributed by atoms with van der Waals surface area (Å²) in [5.74, 6) is 1.86. The predicted molar refractivity (Wildman–Crippen MR) is 82.3 cm³/mol. The summed E-state index contributed by atoms with van der Waals surface area (Å²) in [4.78, 5) is 6.08. The third-order valence-electron chi connectivity index (χ3n) is 3.58. The summed E-state index contributed by atoms with van der Waals surface area (Å²) < 4.78 is 5.76. The first-order valence-electron chi connectivity index (χ1n) is 7.09. The molecular formula is C16H20N2OS. The van der Waals surface area contributed by atoms with Gasteiger partial charge in [-0.25, -0.2) is 4.98 Å². The number of hydrogen-bond acceptors (Lipinski definition) is 4. The van der Waals surface area contributed by atoms with Crippen LogP contribution in [-0.2, 0) is 13.0 Å². The minimum Gasteiger partial charge on any atom is -0.492 e. The smallest absolute Gasteiger partial charge is 0.123 e. The van der Waals surface area contributed by atoms with Crippen molar-refractivity contribution in [3.05, 3.63) is 45.4 Å². The fourth-order valence-electron chi connectivity index (χ4n) is 2.63. The monoisotopic (exact) mass is 288 g/mol. The molecule has 0 bridgehead atoms. The highest BCUT2D eigenvalue weighted by atomic mass is 32.1. The van der Waals surface area contributed by atoms with E-state index in [1.54, 1.807) is 11.3 Å². The number of benzene rings is 1. The second kappa shape index (κ2) is 5.54. The standard InChI is InChI=1S/C16H20N2OS/c1-10(2)7-13-15(8-17)20-16(18-13)12-9-19-14-6-4-3-5-11(12)14/h3-6,10,12H,7-9,17H2,1-2H3. The number of nitrogens with zero attached hydrogens (tertiary/aromatic N) is 1. The molecule has 0 radical (unpaired) electrons. The fraction of sp³-hybridized carbons (Fsp3) is 0.438. The summed E-state index contributed by atoms with van der Waals surface area (Å²) in [6.07, 6.45) is 0.998. The largest absolute Gasteiger partial charge is 0.492 e. The summed E-state index contributed by atoms with van der Waals surface area (Å²) in [5.41, 5.74) is 8.30. The Labute approximate surface area is 123 Å². The molecule has 0 aliphatic carbocycles. The van der Waals surface area contributed by atoms with Crippen molar-refractivity contribution in [2.24, 2.45) is 11.7 Å². The zero-order chi connectivity index (χ0) is 14.1. The summed E-state index contributed by atoms with van der Waals surface area (Å²) in [6.45, 7) is 5.70. The van der Waals surface area contributed by atoms with Gasteiger partial charge in [0.1, 0.15) is 17.4 Å². The van der Waals surface area contributed by atoms with Crippen LogP contribution in [0, 0.1) is 5.92 Å². The zero-order valence-corrected chi connectivity index (χ0v) is 12.7. The molecule has 2 heterocycles. The molecule has 0 amide bonds. The van der Waals surface area contributed by atoms with Crippen LogP contribution >= 0.6 is 11.3 Å².